The molecule has 0 bridgehead atoms. The van der Waals surface area contributed by atoms with Crippen LogP contribution in [0.25, 0.3) is 0 Å². The lowest BCUT2D eigenvalue weighted by Gasteiger charge is -2.18. The SMILES string of the molecule is COc1ccccc1C(CN)Cc1cccc(C#N)c1. The zero-order chi connectivity index (χ0) is 14.4. The third-order valence-corrected chi connectivity index (χ3v) is 3.40. The molecule has 0 aliphatic rings. The van der Waals surface area contributed by atoms with E-state index >= 15 is 0 Å². The topological polar surface area (TPSA) is 59.0 Å². The molecule has 0 radical (unpaired) electrons. The molecule has 0 fully saturated rings. The van der Waals surface area contributed by atoms with Crippen LogP contribution in [-0.4, -0.2) is 13.7 Å². The summed E-state index contributed by atoms with van der Waals surface area (Å²) < 4.78 is 5.40. The molecule has 0 saturated carbocycles. The van der Waals surface area contributed by atoms with Crippen LogP contribution in [0.4, 0.5) is 0 Å². The van der Waals surface area contributed by atoms with E-state index in [4.69, 9.17) is 15.7 Å². The summed E-state index contributed by atoms with van der Waals surface area (Å²) in [5, 5.41) is 8.96. The fourth-order valence-electron chi connectivity index (χ4n) is 2.38. The number of hydrogen-bond acceptors (Lipinski definition) is 3. The van der Waals surface area contributed by atoms with Gasteiger partial charge in [0.2, 0.25) is 0 Å². The Morgan fingerprint density at radius 1 is 1.20 bits per heavy atom. The van der Waals surface area contributed by atoms with Crippen LogP contribution >= 0.6 is 0 Å². The summed E-state index contributed by atoms with van der Waals surface area (Å²) in [6.07, 6.45) is 0.798. The van der Waals surface area contributed by atoms with Gasteiger partial charge in [-0.2, -0.15) is 5.26 Å². The van der Waals surface area contributed by atoms with Gasteiger partial charge in [0.15, 0.2) is 0 Å². The molecule has 0 heterocycles. The van der Waals surface area contributed by atoms with Gasteiger partial charge < -0.3 is 10.5 Å². The number of hydrogen-bond donors (Lipinski definition) is 1. The molecule has 3 heteroatoms. The maximum Gasteiger partial charge on any atom is 0.122 e. The van der Waals surface area contributed by atoms with E-state index in [2.05, 4.69) is 6.07 Å². The van der Waals surface area contributed by atoms with Crippen LogP contribution in [0.15, 0.2) is 48.5 Å². The second-order valence-electron chi connectivity index (χ2n) is 4.69. The fraction of sp³-hybridized carbons (Fsp3) is 0.235. The van der Waals surface area contributed by atoms with Crippen LogP contribution in [-0.2, 0) is 6.42 Å². The van der Waals surface area contributed by atoms with Gasteiger partial charge in [0.05, 0.1) is 18.7 Å². The molecule has 20 heavy (non-hydrogen) atoms. The Hall–Kier alpha value is -2.31. The summed E-state index contributed by atoms with van der Waals surface area (Å²) in [6, 6.07) is 17.8. The number of methoxy groups -OCH3 is 1. The maximum absolute atomic E-state index is 8.96. The normalized spacial score (nSPS) is 11.7. The summed E-state index contributed by atoms with van der Waals surface area (Å²) in [7, 11) is 1.67. The molecule has 0 aliphatic carbocycles. The van der Waals surface area contributed by atoms with Gasteiger partial charge in [0.1, 0.15) is 5.75 Å². The average Bonchev–Trinajstić information content (AvgIpc) is 2.52. The van der Waals surface area contributed by atoms with Gasteiger partial charge in [-0.05, 0) is 42.3 Å². The Morgan fingerprint density at radius 2 is 2.00 bits per heavy atom. The van der Waals surface area contributed by atoms with E-state index in [-0.39, 0.29) is 5.92 Å². The number of nitrogens with two attached hydrogens (primary N) is 1. The largest absolute Gasteiger partial charge is 0.496 e. The lowest BCUT2D eigenvalue weighted by atomic mass is 9.91. The van der Waals surface area contributed by atoms with Crippen molar-refractivity contribution >= 4 is 0 Å². The van der Waals surface area contributed by atoms with Crippen molar-refractivity contribution in [3.8, 4) is 11.8 Å². The lowest BCUT2D eigenvalue weighted by molar-refractivity contribution is 0.405. The van der Waals surface area contributed by atoms with Gasteiger partial charge in [-0.25, -0.2) is 0 Å². The van der Waals surface area contributed by atoms with Crippen LogP contribution in [0.5, 0.6) is 5.75 Å². The molecule has 3 nitrogen and oxygen atoms in total. The van der Waals surface area contributed by atoms with E-state index in [1.165, 1.54) is 0 Å². The van der Waals surface area contributed by atoms with Crippen LogP contribution in [0.1, 0.15) is 22.6 Å². The van der Waals surface area contributed by atoms with Gasteiger partial charge >= 0.3 is 0 Å². The van der Waals surface area contributed by atoms with Crippen molar-refractivity contribution in [2.45, 2.75) is 12.3 Å². The molecule has 0 aromatic heterocycles. The van der Waals surface area contributed by atoms with Gasteiger partial charge in [0.25, 0.3) is 0 Å². The number of nitriles is 1. The van der Waals surface area contributed by atoms with Crippen molar-refractivity contribution < 1.29 is 4.74 Å². The molecule has 2 aromatic rings. The standard InChI is InChI=1S/C17H18N2O/c1-20-17-8-3-2-7-16(17)15(12-19)10-13-5-4-6-14(9-13)11-18/h2-9,15H,10,12,19H2,1H3. The van der Waals surface area contributed by atoms with Crippen LogP contribution < -0.4 is 10.5 Å². The zero-order valence-electron chi connectivity index (χ0n) is 11.5. The Kier molecular flexibility index (Phi) is 4.75. The molecule has 2 N–H and O–H groups in total. The number of rotatable bonds is 5. The maximum atomic E-state index is 8.96. The first-order valence-electron chi connectivity index (χ1n) is 6.60. The van der Waals surface area contributed by atoms with E-state index in [1.807, 2.05) is 48.5 Å². The average molecular weight is 266 g/mol. The number of para-hydroxylation sites is 1. The highest BCUT2D eigenvalue weighted by Crippen LogP contribution is 2.28. The van der Waals surface area contributed by atoms with E-state index in [9.17, 15) is 0 Å². The smallest absolute Gasteiger partial charge is 0.122 e. The quantitative estimate of drug-likeness (QED) is 0.905. The fourth-order valence-corrected chi connectivity index (χ4v) is 2.38. The molecule has 2 aromatic carbocycles. The molecule has 0 aliphatic heterocycles. The van der Waals surface area contributed by atoms with Crippen LogP contribution in [0.3, 0.4) is 0 Å². The minimum Gasteiger partial charge on any atom is -0.496 e. The molecule has 2 rings (SSSR count). The monoisotopic (exact) mass is 266 g/mol. The molecule has 0 amide bonds. The van der Waals surface area contributed by atoms with Gasteiger partial charge in [-0.15, -0.1) is 0 Å². The molecule has 0 saturated heterocycles. The molecule has 1 unspecified atom stereocenters. The van der Waals surface area contributed by atoms with Crippen molar-refractivity contribution in [1.29, 1.82) is 5.26 Å². The zero-order valence-corrected chi connectivity index (χ0v) is 11.5. The molecule has 0 spiro atoms. The predicted octanol–water partition coefficient (Wildman–Crippen LogP) is 2.85. The highest BCUT2D eigenvalue weighted by Gasteiger charge is 2.15. The summed E-state index contributed by atoms with van der Waals surface area (Å²) in [5.74, 6) is 1.04. The number of nitrogens with zero attached hydrogens (tertiary/aromatic N) is 1. The molecular formula is C17H18N2O. The third kappa shape index (κ3) is 3.17. The summed E-state index contributed by atoms with van der Waals surface area (Å²) in [5.41, 5.74) is 8.83. The van der Waals surface area contributed by atoms with Crippen LogP contribution in [0.2, 0.25) is 0 Å². The second-order valence-corrected chi connectivity index (χ2v) is 4.69. The molecule has 102 valence electrons. The minimum atomic E-state index is 0.181. The van der Waals surface area contributed by atoms with E-state index in [0.717, 1.165) is 23.3 Å². The van der Waals surface area contributed by atoms with Crippen molar-refractivity contribution in [1.82, 2.24) is 0 Å². The van der Waals surface area contributed by atoms with E-state index in [0.29, 0.717) is 12.1 Å². The summed E-state index contributed by atoms with van der Waals surface area (Å²) in [4.78, 5) is 0. The van der Waals surface area contributed by atoms with Crippen molar-refractivity contribution in [2.24, 2.45) is 5.73 Å². The summed E-state index contributed by atoms with van der Waals surface area (Å²) >= 11 is 0. The molecule has 1 atom stereocenters. The van der Waals surface area contributed by atoms with Gasteiger partial charge in [-0.1, -0.05) is 30.3 Å². The van der Waals surface area contributed by atoms with E-state index in [1.54, 1.807) is 7.11 Å². The predicted molar refractivity (Wildman–Crippen MR) is 79.7 cm³/mol. The first-order valence-corrected chi connectivity index (χ1v) is 6.60. The van der Waals surface area contributed by atoms with E-state index < -0.39 is 0 Å². The van der Waals surface area contributed by atoms with Crippen molar-refractivity contribution in [2.75, 3.05) is 13.7 Å². The van der Waals surface area contributed by atoms with Crippen molar-refractivity contribution in [3.05, 3.63) is 65.2 Å². The Bertz CT molecular complexity index is 616. The number of ether oxygens (including phenoxy) is 1. The Morgan fingerprint density at radius 3 is 2.70 bits per heavy atom. The third-order valence-electron chi connectivity index (χ3n) is 3.40. The summed E-state index contributed by atoms with van der Waals surface area (Å²) in [6.45, 7) is 0.539. The Labute approximate surface area is 119 Å². The van der Waals surface area contributed by atoms with Gasteiger partial charge in [-0.3, -0.25) is 0 Å². The second kappa shape index (κ2) is 6.74. The molecular weight excluding hydrogens is 248 g/mol. The van der Waals surface area contributed by atoms with Crippen LogP contribution in [0, 0.1) is 11.3 Å². The van der Waals surface area contributed by atoms with Gasteiger partial charge in [0, 0.05) is 5.92 Å². The number of benzene rings is 2. The highest BCUT2D eigenvalue weighted by atomic mass is 16.5. The van der Waals surface area contributed by atoms with Crippen molar-refractivity contribution in [3.63, 3.8) is 0 Å². The lowest BCUT2D eigenvalue weighted by Crippen LogP contribution is -2.16. The first-order chi connectivity index (χ1) is 9.78. The minimum absolute atomic E-state index is 0.181. The highest BCUT2D eigenvalue weighted by molar-refractivity contribution is 5.39. The Balaban J connectivity index is 2.26. The first kappa shape index (κ1) is 14.1.